The Morgan fingerprint density at radius 3 is 1.71 bits per heavy atom. The van der Waals surface area contributed by atoms with Gasteiger partial charge in [-0.05, 0) is 48.4 Å². The number of ether oxygens (including phenoxy) is 1. The summed E-state index contributed by atoms with van der Waals surface area (Å²) < 4.78 is 5.14. The Hall–Kier alpha value is -4.33. The van der Waals surface area contributed by atoms with Gasteiger partial charge in [-0.25, -0.2) is 4.79 Å². The highest BCUT2D eigenvalue weighted by atomic mass is 16.5. The van der Waals surface area contributed by atoms with Crippen LogP contribution in [0.3, 0.4) is 0 Å². The van der Waals surface area contributed by atoms with Crippen LogP contribution < -0.4 is 15.4 Å². The average Bonchev–Trinajstić information content (AvgIpc) is 2.87. The normalized spacial score (nSPS) is 10.2. The Labute approximate surface area is 198 Å². The Balaban J connectivity index is 1.61. The first-order valence-corrected chi connectivity index (χ1v) is 10.9. The second-order valence-electron chi connectivity index (χ2n) is 7.45. The molecule has 34 heavy (non-hydrogen) atoms. The molecule has 0 atom stereocenters. The van der Waals surface area contributed by atoms with Gasteiger partial charge in [0, 0.05) is 17.9 Å². The summed E-state index contributed by atoms with van der Waals surface area (Å²) in [7, 11) is 0. The number of rotatable bonds is 12. The molecule has 2 amide bonds. The van der Waals surface area contributed by atoms with Gasteiger partial charge in [-0.3, -0.25) is 14.5 Å². The van der Waals surface area contributed by atoms with Gasteiger partial charge in [-0.15, -0.1) is 0 Å². The van der Waals surface area contributed by atoms with Crippen molar-refractivity contribution in [2.75, 3.05) is 36.9 Å². The number of anilines is 2. The van der Waals surface area contributed by atoms with E-state index < -0.39 is 12.6 Å². The maximum Gasteiger partial charge on any atom is 0.341 e. The number of aliphatic carboxylic acids is 1. The number of imide groups is 1. The molecule has 0 aromatic heterocycles. The zero-order valence-electron chi connectivity index (χ0n) is 18.6. The lowest BCUT2D eigenvalue weighted by Crippen LogP contribution is -2.44. The van der Waals surface area contributed by atoms with Crippen LogP contribution in [0.15, 0.2) is 84.9 Å². The van der Waals surface area contributed by atoms with E-state index in [0.29, 0.717) is 12.2 Å². The van der Waals surface area contributed by atoms with Crippen molar-refractivity contribution >= 4 is 29.2 Å². The predicted molar refractivity (Wildman–Crippen MR) is 130 cm³/mol. The summed E-state index contributed by atoms with van der Waals surface area (Å²) in [4.78, 5) is 37.7. The van der Waals surface area contributed by atoms with Crippen molar-refractivity contribution in [3.05, 3.63) is 90.5 Å². The summed E-state index contributed by atoms with van der Waals surface area (Å²) in [6.45, 7) is -0.231. The molecule has 3 aromatic rings. The van der Waals surface area contributed by atoms with E-state index in [1.807, 2.05) is 60.7 Å². The summed E-state index contributed by atoms with van der Waals surface area (Å²) in [6, 6.07) is 25.5. The molecule has 0 heterocycles. The molecule has 0 bridgehead atoms. The van der Waals surface area contributed by atoms with E-state index in [4.69, 9.17) is 9.84 Å². The number of amides is 2. The van der Waals surface area contributed by atoms with Crippen LogP contribution in [0.5, 0.6) is 5.75 Å². The van der Waals surface area contributed by atoms with Crippen LogP contribution in [-0.2, 0) is 20.8 Å². The van der Waals surface area contributed by atoms with E-state index in [9.17, 15) is 14.4 Å². The van der Waals surface area contributed by atoms with Gasteiger partial charge in [-0.1, -0.05) is 48.5 Å². The SMILES string of the molecule is O=C(O)COc1ccc(CCN(C(=O)CNc2ccccc2)C(=O)CNc2ccccc2)cc1. The topological polar surface area (TPSA) is 108 Å². The molecule has 8 nitrogen and oxygen atoms in total. The molecule has 0 saturated carbocycles. The Kier molecular flexibility index (Phi) is 9.04. The molecule has 3 N–H and O–H groups in total. The Bertz CT molecular complexity index is 1020. The van der Waals surface area contributed by atoms with Gasteiger partial charge >= 0.3 is 5.97 Å². The lowest BCUT2D eigenvalue weighted by Gasteiger charge is -2.22. The quantitative estimate of drug-likeness (QED) is 0.380. The minimum absolute atomic E-state index is 0.0109. The first kappa shape index (κ1) is 24.3. The van der Waals surface area contributed by atoms with Crippen LogP contribution in [0.4, 0.5) is 11.4 Å². The van der Waals surface area contributed by atoms with E-state index in [1.165, 1.54) is 4.90 Å². The van der Waals surface area contributed by atoms with Crippen molar-refractivity contribution < 1.29 is 24.2 Å². The fourth-order valence-corrected chi connectivity index (χ4v) is 3.19. The van der Waals surface area contributed by atoms with Crippen LogP contribution in [0.1, 0.15) is 5.56 Å². The number of nitrogens with one attached hydrogen (secondary N) is 2. The van der Waals surface area contributed by atoms with Crippen molar-refractivity contribution in [2.24, 2.45) is 0 Å². The fourth-order valence-electron chi connectivity index (χ4n) is 3.19. The molecule has 176 valence electrons. The van der Waals surface area contributed by atoms with Crippen LogP contribution in [0, 0.1) is 0 Å². The third-order valence-electron chi connectivity index (χ3n) is 4.95. The molecular weight excluding hydrogens is 434 g/mol. The van der Waals surface area contributed by atoms with Crippen molar-refractivity contribution in [3.63, 3.8) is 0 Å². The van der Waals surface area contributed by atoms with Gasteiger partial charge in [0.25, 0.3) is 0 Å². The zero-order chi connectivity index (χ0) is 24.2. The first-order chi connectivity index (χ1) is 16.5. The predicted octanol–water partition coefficient (Wildman–Crippen LogP) is 3.27. The molecule has 0 spiro atoms. The second-order valence-corrected chi connectivity index (χ2v) is 7.45. The minimum atomic E-state index is -1.05. The number of hydrogen-bond donors (Lipinski definition) is 3. The highest BCUT2D eigenvalue weighted by molar-refractivity contribution is 5.98. The maximum absolute atomic E-state index is 12.9. The Morgan fingerprint density at radius 2 is 1.24 bits per heavy atom. The highest BCUT2D eigenvalue weighted by Gasteiger charge is 2.21. The molecule has 0 aliphatic rings. The Morgan fingerprint density at radius 1 is 0.735 bits per heavy atom. The third-order valence-corrected chi connectivity index (χ3v) is 4.95. The summed E-state index contributed by atoms with van der Waals surface area (Å²) in [6.07, 6.45) is 0.452. The molecule has 0 unspecified atom stereocenters. The standard InChI is InChI=1S/C26H27N3O5/c30-24(17-27-21-7-3-1-4-8-21)29(25(31)18-28-22-9-5-2-6-10-22)16-15-20-11-13-23(14-12-20)34-19-26(32)33/h1-14,27-28H,15-19H2,(H,32,33). The van der Waals surface area contributed by atoms with Gasteiger partial charge in [0.05, 0.1) is 13.1 Å². The summed E-state index contributed by atoms with van der Waals surface area (Å²) in [5.41, 5.74) is 2.48. The molecule has 3 rings (SSSR count). The smallest absolute Gasteiger partial charge is 0.341 e. The van der Waals surface area contributed by atoms with E-state index >= 15 is 0 Å². The van der Waals surface area contributed by atoms with E-state index in [-0.39, 0.29) is 31.4 Å². The number of carboxylic acid groups (broad SMARTS) is 1. The van der Waals surface area contributed by atoms with E-state index in [2.05, 4.69) is 10.6 Å². The monoisotopic (exact) mass is 461 g/mol. The lowest BCUT2D eigenvalue weighted by atomic mass is 10.1. The number of nitrogens with zero attached hydrogens (tertiary/aromatic N) is 1. The summed E-state index contributed by atoms with van der Waals surface area (Å²) in [5, 5.41) is 14.8. The molecule has 3 aromatic carbocycles. The third kappa shape index (κ3) is 7.98. The number of carboxylic acids is 1. The average molecular weight is 462 g/mol. The van der Waals surface area contributed by atoms with Crippen LogP contribution in [0.25, 0.3) is 0 Å². The van der Waals surface area contributed by atoms with Crippen molar-refractivity contribution in [2.45, 2.75) is 6.42 Å². The number of hydrogen-bond acceptors (Lipinski definition) is 6. The van der Waals surface area contributed by atoms with E-state index in [0.717, 1.165) is 16.9 Å². The van der Waals surface area contributed by atoms with Crippen LogP contribution in [-0.4, -0.2) is 54.0 Å². The van der Waals surface area contributed by atoms with E-state index in [1.54, 1.807) is 24.3 Å². The number of carbonyl (C=O) groups is 3. The van der Waals surface area contributed by atoms with Gasteiger partial charge < -0.3 is 20.5 Å². The summed E-state index contributed by atoms with van der Waals surface area (Å²) >= 11 is 0. The van der Waals surface area contributed by atoms with Gasteiger partial charge in [-0.2, -0.15) is 0 Å². The number of para-hydroxylation sites is 2. The number of carbonyl (C=O) groups excluding carboxylic acids is 2. The maximum atomic E-state index is 12.9. The van der Waals surface area contributed by atoms with Crippen molar-refractivity contribution in [1.82, 2.24) is 4.90 Å². The van der Waals surface area contributed by atoms with Crippen molar-refractivity contribution in [3.8, 4) is 5.75 Å². The lowest BCUT2D eigenvalue weighted by molar-refractivity contribution is -0.143. The van der Waals surface area contributed by atoms with Crippen molar-refractivity contribution in [1.29, 1.82) is 0 Å². The van der Waals surface area contributed by atoms with Gasteiger partial charge in [0.15, 0.2) is 6.61 Å². The second kappa shape index (κ2) is 12.6. The zero-order valence-corrected chi connectivity index (χ0v) is 18.6. The highest BCUT2D eigenvalue weighted by Crippen LogP contribution is 2.13. The molecule has 0 aliphatic carbocycles. The minimum Gasteiger partial charge on any atom is -0.482 e. The molecule has 8 heteroatoms. The molecule has 0 radical (unpaired) electrons. The van der Waals surface area contributed by atoms with Crippen LogP contribution in [0.2, 0.25) is 0 Å². The van der Waals surface area contributed by atoms with Gasteiger partial charge in [0.2, 0.25) is 11.8 Å². The van der Waals surface area contributed by atoms with Gasteiger partial charge in [0.1, 0.15) is 5.75 Å². The molecule has 0 fully saturated rings. The fraction of sp³-hybridized carbons (Fsp3) is 0.192. The number of benzene rings is 3. The molecule has 0 aliphatic heterocycles. The first-order valence-electron chi connectivity index (χ1n) is 10.9. The molecule has 0 saturated heterocycles. The van der Waals surface area contributed by atoms with Crippen LogP contribution >= 0.6 is 0 Å². The largest absolute Gasteiger partial charge is 0.482 e. The summed E-state index contributed by atoms with van der Waals surface area (Å²) in [5.74, 6) is -1.27. The molecular formula is C26H27N3O5.